The molecule has 2 aromatic carbocycles. The average molecular weight is 531 g/mol. The van der Waals surface area contributed by atoms with Crippen LogP contribution in [0.5, 0.6) is 11.5 Å². The summed E-state index contributed by atoms with van der Waals surface area (Å²) < 4.78 is 12.7. The van der Waals surface area contributed by atoms with Crippen LogP contribution in [0.3, 0.4) is 0 Å². The van der Waals surface area contributed by atoms with Crippen molar-refractivity contribution in [3.05, 3.63) is 90.5 Å². The van der Waals surface area contributed by atoms with Crippen molar-refractivity contribution in [2.75, 3.05) is 36.0 Å². The van der Waals surface area contributed by atoms with Gasteiger partial charge in [-0.15, -0.1) is 0 Å². The number of carbonyl (C=O) groups excluding carboxylic acids is 1. The van der Waals surface area contributed by atoms with Crippen LogP contribution < -0.4 is 25.4 Å². The molecular formula is C28H30N6O3S. The van der Waals surface area contributed by atoms with Crippen LogP contribution in [0.2, 0.25) is 0 Å². The Morgan fingerprint density at radius 1 is 1.05 bits per heavy atom. The molecule has 0 spiro atoms. The van der Waals surface area contributed by atoms with Crippen LogP contribution in [0, 0.1) is 0 Å². The highest BCUT2D eigenvalue weighted by Crippen LogP contribution is 2.32. The fraction of sp³-hybridized carbons (Fsp3) is 0.250. The zero-order chi connectivity index (χ0) is 26.2. The number of fused-ring (bicyclic) bond motifs is 1. The van der Waals surface area contributed by atoms with E-state index in [1.807, 2.05) is 65.6 Å². The fourth-order valence-corrected chi connectivity index (χ4v) is 4.68. The van der Waals surface area contributed by atoms with Crippen molar-refractivity contribution < 1.29 is 14.3 Å². The van der Waals surface area contributed by atoms with Gasteiger partial charge in [0.1, 0.15) is 17.7 Å². The molecule has 1 amide bonds. The predicted molar refractivity (Wildman–Crippen MR) is 150 cm³/mol. The van der Waals surface area contributed by atoms with E-state index >= 15 is 0 Å². The molecule has 0 bridgehead atoms. The van der Waals surface area contributed by atoms with Crippen LogP contribution in [0.15, 0.2) is 79.4 Å². The largest absolute Gasteiger partial charge is 0.454 e. The molecule has 2 aromatic heterocycles. The van der Waals surface area contributed by atoms with E-state index in [2.05, 4.69) is 33.1 Å². The van der Waals surface area contributed by atoms with E-state index in [1.165, 1.54) is 5.56 Å². The molecule has 9 nitrogen and oxygen atoms in total. The number of hydrogen-bond donors (Lipinski definition) is 3. The van der Waals surface area contributed by atoms with Crippen molar-refractivity contribution in [1.82, 2.24) is 19.9 Å². The first-order chi connectivity index (χ1) is 18.7. The quantitative estimate of drug-likeness (QED) is 0.252. The van der Waals surface area contributed by atoms with E-state index in [0.29, 0.717) is 23.9 Å². The molecule has 4 aromatic rings. The Morgan fingerprint density at radius 3 is 2.71 bits per heavy atom. The summed E-state index contributed by atoms with van der Waals surface area (Å²) in [6, 6.07) is 19.4. The van der Waals surface area contributed by atoms with Gasteiger partial charge in [0.25, 0.3) is 0 Å². The molecule has 1 aliphatic heterocycles. The molecule has 0 radical (unpaired) electrons. The number of hydrogen-bond acceptors (Lipinski definition) is 8. The number of anilines is 2. The van der Waals surface area contributed by atoms with E-state index in [-0.39, 0.29) is 12.7 Å². The second-order valence-electron chi connectivity index (χ2n) is 8.79. The second-order valence-corrected chi connectivity index (χ2v) is 9.70. The SMILES string of the molecule is CSCC(Nc1cc(-n2ccnc2)cc(NCCc2ccccc2)n1)C(=O)NCc1ccc2c(c1)OCO2. The number of rotatable bonds is 12. The van der Waals surface area contributed by atoms with Crippen LogP contribution in [-0.2, 0) is 17.8 Å². The highest BCUT2D eigenvalue weighted by Gasteiger charge is 2.20. The lowest BCUT2D eigenvalue weighted by Gasteiger charge is -2.20. The molecule has 38 heavy (non-hydrogen) atoms. The number of imidazole rings is 1. The number of amides is 1. The molecule has 10 heteroatoms. The number of pyridine rings is 1. The maximum atomic E-state index is 13.2. The summed E-state index contributed by atoms with van der Waals surface area (Å²) >= 11 is 1.59. The number of carbonyl (C=O) groups is 1. The van der Waals surface area contributed by atoms with Gasteiger partial charge in [-0.05, 0) is 35.9 Å². The molecule has 0 saturated carbocycles. The Labute approximate surface area is 226 Å². The van der Waals surface area contributed by atoms with Crippen LogP contribution in [0.4, 0.5) is 11.6 Å². The third kappa shape index (κ3) is 6.57. The van der Waals surface area contributed by atoms with Crippen molar-refractivity contribution in [3.63, 3.8) is 0 Å². The smallest absolute Gasteiger partial charge is 0.243 e. The first kappa shape index (κ1) is 25.5. The van der Waals surface area contributed by atoms with E-state index < -0.39 is 6.04 Å². The summed E-state index contributed by atoms with van der Waals surface area (Å²) in [5, 5.41) is 9.81. The molecule has 3 heterocycles. The maximum absolute atomic E-state index is 13.2. The molecule has 1 unspecified atom stereocenters. The number of nitrogens with one attached hydrogen (secondary N) is 3. The standard InChI is InChI=1S/C28H30N6O3S/c1-38-17-23(28(35)31-16-21-7-8-24-25(13-21)37-19-36-24)32-27-15-22(34-12-11-29-18-34)14-26(33-27)30-10-9-20-5-3-2-4-6-20/h2-8,11-15,18,23H,9-10,16-17,19H2,1H3,(H,31,35)(H2,30,32,33). The van der Waals surface area contributed by atoms with Gasteiger partial charge in [0, 0.05) is 43.4 Å². The zero-order valence-electron chi connectivity index (χ0n) is 21.1. The Balaban J connectivity index is 1.27. The van der Waals surface area contributed by atoms with Crippen LogP contribution in [-0.4, -0.2) is 51.8 Å². The zero-order valence-corrected chi connectivity index (χ0v) is 21.9. The van der Waals surface area contributed by atoms with Crippen molar-refractivity contribution in [1.29, 1.82) is 0 Å². The van der Waals surface area contributed by atoms with Crippen molar-refractivity contribution in [2.45, 2.75) is 19.0 Å². The summed E-state index contributed by atoms with van der Waals surface area (Å²) in [6.07, 6.45) is 8.20. The van der Waals surface area contributed by atoms with Gasteiger partial charge in [-0.1, -0.05) is 36.4 Å². The Morgan fingerprint density at radius 2 is 1.89 bits per heavy atom. The van der Waals surface area contributed by atoms with Gasteiger partial charge < -0.3 is 30.0 Å². The summed E-state index contributed by atoms with van der Waals surface area (Å²) in [5.41, 5.74) is 3.09. The highest BCUT2D eigenvalue weighted by molar-refractivity contribution is 7.98. The van der Waals surface area contributed by atoms with E-state index in [4.69, 9.17) is 14.5 Å². The monoisotopic (exact) mass is 530 g/mol. The van der Waals surface area contributed by atoms with Gasteiger partial charge in [0.05, 0.1) is 12.0 Å². The number of ether oxygens (including phenoxy) is 2. The Kier molecular flexibility index (Phi) is 8.29. The minimum atomic E-state index is -0.471. The molecule has 5 rings (SSSR count). The molecule has 1 atom stereocenters. The first-order valence-corrected chi connectivity index (χ1v) is 13.8. The molecule has 3 N–H and O–H groups in total. The number of nitrogens with zero attached hydrogens (tertiary/aromatic N) is 3. The maximum Gasteiger partial charge on any atom is 0.243 e. The molecule has 196 valence electrons. The Hall–Kier alpha value is -4.18. The van der Waals surface area contributed by atoms with Gasteiger partial charge in [-0.3, -0.25) is 4.79 Å². The predicted octanol–water partition coefficient (Wildman–Crippen LogP) is 4.11. The average Bonchev–Trinajstić information content (AvgIpc) is 3.64. The van der Waals surface area contributed by atoms with Gasteiger partial charge in [0.15, 0.2) is 11.5 Å². The third-order valence-corrected chi connectivity index (χ3v) is 6.72. The number of aromatic nitrogens is 3. The minimum absolute atomic E-state index is 0.106. The molecule has 0 aliphatic carbocycles. The molecule has 0 fully saturated rings. The van der Waals surface area contributed by atoms with Gasteiger partial charge in [-0.25, -0.2) is 9.97 Å². The fourth-order valence-electron chi connectivity index (χ4n) is 4.11. The summed E-state index contributed by atoms with van der Waals surface area (Å²) in [7, 11) is 0. The number of benzene rings is 2. The lowest BCUT2D eigenvalue weighted by atomic mass is 10.1. The van der Waals surface area contributed by atoms with Crippen molar-refractivity contribution >= 4 is 29.3 Å². The second kappa shape index (κ2) is 12.4. The van der Waals surface area contributed by atoms with Gasteiger partial charge in [-0.2, -0.15) is 11.8 Å². The van der Waals surface area contributed by atoms with Crippen LogP contribution >= 0.6 is 11.8 Å². The van der Waals surface area contributed by atoms with Crippen molar-refractivity contribution in [2.24, 2.45) is 0 Å². The summed E-state index contributed by atoms with van der Waals surface area (Å²) in [4.78, 5) is 22.1. The molecule has 0 saturated heterocycles. The lowest BCUT2D eigenvalue weighted by Crippen LogP contribution is -2.41. The molecular weight excluding hydrogens is 500 g/mol. The van der Waals surface area contributed by atoms with Gasteiger partial charge in [0.2, 0.25) is 12.7 Å². The molecule has 1 aliphatic rings. The summed E-state index contributed by atoms with van der Waals surface area (Å²) in [5.74, 6) is 3.22. The topological polar surface area (TPSA) is 102 Å². The van der Waals surface area contributed by atoms with E-state index in [9.17, 15) is 4.79 Å². The van der Waals surface area contributed by atoms with Crippen LogP contribution in [0.1, 0.15) is 11.1 Å². The van der Waals surface area contributed by atoms with Crippen molar-refractivity contribution in [3.8, 4) is 17.2 Å². The third-order valence-electron chi connectivity index (χ3n) is 6.05. The summed E-state index contributed by atoms with van der Waals surface area (Å²) in [6.45, 7) is 1.34. The lowest BCUT2D eigenvalue weighted by molar-refractivity contribution is -0.121. The Bertz CT molecular complexity index is 1350. The highest BCUT2D eigenvalue weighted by atomic mass is 32.2. The first-order valence-electron chi connectivity index (χ1n) is 12.4. The van der Waals surface area contributed by atoms with E-state index in [0.717, 1.165) is 35.8 Å². The van der Waals surface area contributed by atoms with Crippen LogP contribution in [0.25, 0.3) is 5.69 Å². The minimum Gasteiger partial charge on any atom is -0.454 e. The normalized spacial score (nSPS) is 12.7. The van der Waals surface area contributed by atoms with Gasteiger partial charge >= 0.3 is 0 Å². The van der Waals surface area contributed by atoms with E-state index in [1.54, 1.807) is 24.3 Å². The number of thioether (sulfide) groups is 1.